The molecule has 1 rings (SSSR count). The van der Waals surface area contributed by atoms with Crippen molar-refractivity contribution in [2.75, 3.05) is 0 Å². The van der Waals surface area contributed by atoms with E-state index in [1.165, 1.54) is 13.0 Å². The van der Waals surface area contributed by atoms with Crippen molar-refractivity contribution < 1.29 is 17.9 Å². The zero-order valence-electron chi connectivity index (χ0n) is 8.31. The van der Waals surface area contributed by atoms with E-state index in [-0.39, 0.29) is 10.8 Å². The van der Waals surface area contributed by atoms with Crippen LogP contribution in [0.4, 0.5) is 0 Å². The average molecular weight is 249 g/mol. The average Bonchev–Trinajstić information content (AvgIpc) is 2.42. The lowest BCUT2D eigenvalue weighted by molar-refractivity contribution is -0.142. The third-order valence-electron chi connectivity index (χ3n) is 1.68. The Morgan fingerprint density at radius 1 is 1.60 bits per heavy atom. The predicted octanol–water partition coefficient (Wildman–Crippen LogP) is 0.767. The molecule has 5 nitrogen and oxygen atoms in total. The third-order valence-corrected chi connectivity index (χ3v) is 4.32. The summed E-state index contributed by atoms with van der Waals surface area (Å²) in [5, 5.41) is 4.97. The lowest BCUT2D eigenvalue weighted by Crippen LogP contribution is -2.09. The van der Waals surface area contributed by atoms with E-state index in [9.17, 15) is 13.2 Å². The van der Waals surface area contributed by atoms with Gasteiger partial charge in [-0.25, -0.2) is 13.6 Å². The van der Waals surface area contributed by atoms with Gasteiger partial charge in [0.2, 0.25) is 10.0 Å². The van der Waals surface area contributed by atoms with Gasteiger partial charge < -0.3 is 4.74 Å². The Kier molecular flexibility index (Phi) is 3.48. The molecule has 2 N–H and O–H groups in total. The number of esters is 1. The van der Waals surface area contributed by atoms with Gasteiger partial charge in [0.05, 0.1) is 0 Å². The number of thiophene rings is 1. The summed E-state index contributed by atoms with van der Waals surface area (Å²) in [5.41, 5.74) is 0.755. The smallest absolute Gasteiger partial charge is 0.302 e. The Balaban J connectivity index is 2.92. The van der Waals surface area contributed by atoms with Crippen LogP contribution < -0.4 is 5.14 Å². The minimum absolute atomic E-state index is 0.0847. The number of hydrogen-bond acceptors (Lipinski definition) is 5. The maximum absolute atomic E-state index is 11.0. The zero-order chi connectivity index (χ0) is 11.6. The van der Waals surface area contributed by atoms with Crippen molar-refractivity contribution in [3.63, 3.8) is 0 Å². The Bertz CT molecular complexity index is 475. The number of nitrogens with two attached hydrogens (primary N) is 1. The number of sulfonamides is 1. The molecule has 0 aliphatic carbocycles. The topological polar surface area (TPSA) is 86.5 Å². The molecule has 0 spiro atoms. The number of primary sulfonamides is 1. The van der Waals surface area contributed by atoms with Gasteiger partial charge >= 0.3 is 5.97 Å². The number of hydrogen-bond donors (Lipinski definition) is 1. The molecule has 0 bridgehead atoms. The summed E-state index contributed by atoms with van der Waals surface area (Å²) in [4.78, 5) is 11.3. The van der Waals surface area contributed by atoms with Crippen LogP contribution in [0.25, 0.3) is 0 Å². The Labute approximate surface area is 91.9 Å². The lowest BCUT2D eigenvalue weighted by atomic mass is 10.3. The quantitative estimate of drug-likeness (QED) is 0.801. The fourth-order valence-corrected chi connectivity index (χ4v) is 2.86. The van der Waals surface area contributed by atoms with Crippen molar-refractivity contribution in [1.82, 2.24) is 0 Å². The predicted molar refractivity (Wildman–Crippen MR) is 55.9 cm³/mol. The lowest BCUT2D eigenvalue weighted by Gasteiger charge is -1.99. The summed E-state index contributed by atoms with van der Waals surface area (Å²) in [5.74, 6) is -0.403. The zero-order valence-corrected chi connectivity index (χ0v) is 9.94. The van der Waals surface area contributed by atoms with Crippen LogP contribution in [0, 0.1) is 6.92 Å². The van der Waals surface area contributed by atoms with E-state index in [4.69, 9.17) is 9.88 Å². The number of rotatable bonds is 3. The molecule has 0 aliphatic rings. The highest BCUT2D eigenvalue weighted by Crippen LogP contribution is 2.25. The van der Waals surface area contributed by atoms with Gasteiger partial charge in [-0.1, -0.05) is 0 Å². The molecule has 0 saturated carbocycles. The molecule has 7 heteroatoms. The Morgan fingerprint density at radius 3 is 2.60 bits per heavy atom. The van der Waals surface area contributed by atoms with Crippen molar-refractivity contribution >= 4 is 27.3 Å². The highest BCUT2D eigenvalue weighted by atomic mass is 32.2. The summed E-state index contributed by atoms with van der Waals surface area (Å²) in [6, 6.07) is 1.47. The maximum atomic E-state index is 11.0. The second-order valence-corrected chi connectivity index (χ2v) is 5.92. The minimum atomic E-state index is -3.67. The molecule has 0 fully saturated rings. The first-order valence-corrected chi connectivity index (χ1v) is 6.42. The summed E-state index contributed by atoms with van der Waals surface area (Å²) in [6.07, 6.45) is 0. The minimum Gasteiger partial charge on any atom is -0.460 e. The molecule has 0 aromatic carbocycles. The summed E-state index contributed by atoms with van der Waals surface area (Å²) in [6.45, 7) is 3.12. The van der Waals surface area contributed by atoms with Crippen molar-refractivity contribution in [2.24, 2.45) is 5.14 Å². The number of aryl methyl sites for hydroxylation is 1. The molecule has 0 atom stereocenters. The SMILES string of the molecule is CC(=O)OCc1sc(S(N)(=O)=O)cc1C. The molecule has 0 unspecified atom stereocenters. The van der Waals surface area contributed by atoms with Gasteiger partial charge in [-0.15, -0.1) is 11.3 Å². The van der Waals surface area contributed by atoms with Crippen molar-refractivity contribution in [3.8, 4) is 0 Å². The van der Waals surface area contributed by atoms with Crippen LogP contribution >= 0.6 is 11.3 Å². The molecule has 0 saturated heterocycles. The maximum Gasteiger partial charge on any atom is 0.302 e. The molecular formula is C8H11NO4S2. The highest BCUT2D eigenvalue weighted by molar-refractivity contribution is 7.91. The van der Waals surface area contributed by atoms with Gasteiger partial charge in [0.15, 0.2) is 0 Å². The first-order chi connectivity index (χ1) is 6.80. The molecule has 1 heterocycles. The first kappa shape index (κ1) is 12.2. The van der Waals surface area contributed by atoms with Crippen LogP contribution in [0.3, 0.4) is 0 Å². The van der Waals surface area contributed by atoms with E-state index < -0.39 is 16.0 Å². The molecule has 15 heavy (non-hydrogen) atoms. The standard InChI is InChI=1S/C8H11NO4S2/c1-5-3-8(15(9,11)12)14-7(5)4-13-6(2)10/h3H,4H2,1-2H3,(H2,9,11,12). The molecule has 1 aromatic rings. The van der Waals surface area contributed by atoms with E-state index in [1.54, 1.807) is 6.92 Å². The number of carbonyl (C=O) groups is 1. The Hall–Kier alpha value is -0.920. The molecule has 0 radical (unpaired) electrons. The van der Waals surface area contributed by atoms with E-state index >= 15 is 0 Å². The first-order valence-electron chi connectivity index (χ1n) is 4.06. The van der Waals surface area contributed by atoms with Crippen LogP contribution in [-0.4, -0.2) is 14.4 Å². The Morgan fingerprint density at radius 2 is 2.20 bits per heavy atom. The number of carbonyl (C=O) groups excluding carboxylic acids is 1. The largest absolute Gasteiger partial charge is 0.460 e. The second kappa shape index (κ2) is 4.30. The molecule has 84 valence electrons. The van der Waals surface area contributed by atoms with Crippen LogP contribution in [0.5, 0.6) is 0 Å². The van der Waals surface area contributed by atoms with Crippen molar-refractivity contribution in [1.29, 1.82) is 0 Å². The van der Waals surface area contributed by atoms with Gasteiger partial charge in [-0.2, -0.15) is 0 Å². The van der Waals surface area contributed by atoms with E-state index in [1.807, 2.05) is 0 Å². The highest BCUT2D eigenvalue weighted by Gasteiger charge is 2.14. The summed E-state index contributed by atoms with van der Waals surface area (Å²) in [7, 11) is -3.67. The van der Waals surface area contributed by atoms with Crippen LogP contribution in [0.1, 0.15) is 17.4 Å². The molecule has 0 aliphatic heterocycles. The third kappa shape index (κ3) is 3.29. The van der Waals surface area contributed by atoms with E-state index in [0.717, 1.165) is 16.9 Å². The summed E-state index contributed by atoms with van der Waals surface area (Å²) < 4.78 is 26.9. The van der Waals surface area contributed by atoms with Gasteiger partial charge in [0, 0.05) is 11.8 Å². The van der Waals surface area contributed by atoms with E-state index in [2.05, 4.69) is 0 Å². The number of ether oxygens (including phenoxy) is 1. The molecule has 1 aromatic heterocycles. The van der Waals surface area contributed by atoms with Crippen LogP contribution in [-0.2, 0) is 26.2 Å². The van der Waals surface area contributed by atoms with Crippen LogP contribution in [0.15, 0.2) is 10.3 Å². The molecular weight excluding hydrogens is 238 g/mol. The second-order valence-electron chi connectivity index (χ2n) is 3.00. The van der Waals surface area contributed by atoms with E-state index in [0.29, 0.717) is 4.88 Å². The van der Waals surface area contributed by atoms with Gasteiger partial charge in [-0.05, 0) is 18.6 Å². The fourth-order valence-electron chi connectivity index (χ4n) is 0.939. The van der Waals surface area contributed by atoms with Gasteiger partial charge in [0.25, 0.3) is 0 Å². The summed E-state index contributed by atoms with van der Waals surface area (Å²) >= 11 is 1.02. The monoisotopic (exact) mass is 249 g/mol. The van der Waals surface area contributed by atoms with Crippen molar-refractivity contribution in [3.05, 3.63) is 16.5 Å². The normalized spacial score (nSPS) is 11.4. The van der Waals surface area contributed by atoms with Crippen LogP contribution in [0.2, 0.25) is 0 Å². The van der Waals surface area contributed by atoms with Crippen molar-refractivity contribution in [2.45, 2.75) is 24.7 Å². The molecule has 0 amide bonds. The van der Waals surface area contributed by atoms with Gasteiger partial charge in [0.1, 0.15) is 10.8 Å². The fraction of sp³-hybridized carbons (Fsp3) is 0.375. The van der Waals surface area contributed by atoms with Gasteiger partial charge in [-0.3, -0.25) is 4.79 Å².